The summed E-state index contributed by atoms with van der Waals surface area (Å²) in [5.41, 5.74) is 0. The van der Waals surface area contributed by atoms with Gasteiger partial charge in [-0.15, -0.1) is 0 Å². The molecule has 3 rings (SSSR count). The molecule has 186 valence electrons. The van der Waals surface area contributed by atoms with Crippen LogP contribution in [0.1, 0.15) is 72.1 Å². The molecule has 0 atom stereocenters. The van der Waals surface area contributed by atoms with Crippen LogP contribution in [0.15, 0.2) is 60.7 Å². The van der Waals surface area contributed by atoms with E-state index in [9.17, 15) is 4.79 Å². The SMILES string of the molecule is CC(C)(C)[Si](OCCCCCCOC1CCC(C(=O)O)CC1)(c1ccccc1)c1ccccc1. The minimum atomic E-state index is -2.43. The first-order chi connectivity index (χ1) is 16.3. The number of rotatable bonds is 12. The highest BCUT2D eigenvalue weighted by atomic mass is 28.4. The molecule has 5 heteroatoms. The monoisotopic (exact) mass is 482 g/mol. The van der Waals surface area contributed by atoms with Crippen LogP contribution in [-0.4, -0.2) is 38.7 Å². The standard InChI is InChI=1S/C29H42O4Si/c1-29(2,3)34(26-14-8-6-9-15-26,27-16-10-7-11-17-27)33-23-13-5-4-12-22-32-25-20-18-24(19-21-25)28(30)31/h6-11,14-17,24-25H,4-5,12-13,18-23H2,1-3H3,(H,30,31). The third-order valence-electron chi connectivity index (χ3n) is 7.15. The normalized spacial score (nSPS) is 19.1. The molecule has 34 heavy (non-hydrogen) atoms. The van der Waals surface area contributed by atoms with Gasteiger partial charge in [0.05, 0.1) is 12.0 Å². The largest absolute Gasteiger partial charge is 0.481 e. The fourth-order valence-electron chi connectivity index (χ4n) is 5.27. The quantitative estimate of drug-likeness (QED) is 0.308. The summed E-state index contributed by atoms with van der Waals surface area (Å²) in [6.07, 6.45) is 7.87. The van der Waals surface area contributed by atoms with Gasteiger partial charge in [-0.1, -0.05) is 94.3 Å². The Labute approximate surface area is 206 Å². The van der Waals surface area contributed by atoms with Crippen LogP contribution in [0.25, 0.3) is 0 Å². The zero-order valence-corrected chi connectivity index (χ0v) is 22.2. The summed E-state index contributed by atoms with van der Waals surface area (Å²) in [6.45, 7) is 8.51. The Hall–Kier alpha value is -1.95. The molecule has 4 nitrogen and oxygen atoms in total. The average molecular weight is 483 g/mol. The van der Waals surface area contributed by atoms with Gasteiger partial charge in [0.2, 0.25) is 0 Å². The van der Waals surface area contributed by atoms with E-state index in [-0.39, 0.29) is 17.1 Å². The van der Waals surface area contributed by atoms with E-state index < -0.39 is 14.3 Å². The number of benzene rings is 2. The number of carbonyl (C=O) groups is 1. The van der Waals surface area contributed by atoms with Gasteiger partial charge in [-0.2, -0.15) is 0 Å². The molecule has 2 aromatic rings. The Morgan fingerprint density at radius 1 is 0.824 bits per heavy atom. The van der Waals surface area contributed by atoms with Crippen molar-refractivity contribution in [2.24, 2.45) is 5.92 Å². The fourth-order valence-corrected chi connectivity index (χ4v) is 9.88. The average Bonchev–Trinajstić information content (AvgIpc) is 2.84. The second kappa shape index (κ2) is 12.7. The molecule has 1 N–H and O–H groups in total. The summed E-state index contributed by atoms with van der Waals surface area (Å²) in [7, 11) is -2.43. The molecule has 2 aromatic carbocycles. The van der Waals surface area contributed by atoms with Crippen molar-refractivity contribution >= 4 is 24.7 Å². The number of carboxylic acids is 1. The van der Waals surface area contributed by atoms with Gasteiger partial charge >= 0.3 is 5.97 Å². The Balaban J connectivity index is 1.47. The van der Waals surface area contributed by atoms with Crippen molar-refractivity contribution < 1.29 is 19.1 Å². The highest BCUT2D eigenvalue weighted by Gasteiger charge is 2.49. The van der Waals surface area contributed by atoms with Crippen LogP contribution in [0.2, 0.25) is 5.04 Å². The van der Waals surface area contributed by atoms with Gasteiger partial charge in [-0.25, -0.2) is 0 Å². The van der Waals surface area contributed by atoms with E-state index in [4.69, 9.17) is 14.3 Å². The second-order valence-corrected chi connectivity index (χ2v) is 14.9. The zero-order chi connectivity index (χ0) is 24.4. The highest BCUT2D eigenvalue weighted by Crippen LogP contribution is 2.36. The molecule has 0 unspecified atom stereocenters. The lowest BCUT2D eigenvalue weighted by Gasteiger charge is -2.43. The number of ether oxygens (including phenoxy) is 1. The van der Waals surface area contributed by atoms with Crippen LogP contribution >= 0.6 is 0 Å². The van der Waals surface area contributed by atoms with Crippen LogP contribution in [0.4, 0.5) is 0 Å². The lowest BCUT2D eigenvalue weighted by Crippen LogP contribution is -2.66. The first kappa shape index (κ1) is 26.6. The lowest BCUT2D eigenvalue weighted by atomic mass is 9.87. The summed E-state index contributed by atoms with van der Waals surface area (Å²) >= 11 is 0. The number of carboxylic acid groups (broad SMARTS) is 1. The second-order valence-electron chi connectivity index (χ2n) is 10.6. The van der Waals surface area contributed by atoms with E-state index in [2.05, 4.69) is 81.4 Å². The summed E-state index contributed by atoms with van der Waals surface area (Å²) in [6, 6.07) is 21.6. The molecule has 1 aliphatic carbocycles. The van der Waals surface area contributed by atoms with Gasteiger partial charge < -0.3 is 14.3 Å². The molecule has 0 saturated heterocycles. The van der Waals surface area contributed by atoms with Gasteiger partial charge in [-0.05, 0) is 53.9 Å². The molecule has 1 fully saturated rings. The van der Waals surface area contributed by atoms with Crippen molar-refractivity contribution in [3.05, 3.63) is 60.7 Å². The Kier molecular flexibility index (Phi) is 9.93. The summed E-state index contributed by atoms with van der Waals surface area (Å²) in [4.78, 5) is 11.1. The van der Waals surface area contributed by atoms with E-state index in [0.29, 0.717) is 0 Å². The van der Waals surface area contributed by atoms with Gasteiger partial charge in [0.1, 0.15) is 0 Å². The Bertz CT molecular complexity index is 815. The fraction of sp³-hybridized carbons (Fsp3) is 0.552. The van der Waals surface area contributed by atoms with E-state index >= 15 is 0 Å². The van der Waals surface area contributed by atoms with E-state index in [1.54, 1.807) is 0 Å². The molecule has 0 radical (unpaired) electrons. The van der Waals surface area contributed by atoms with Crippen molar-refractivity contribution in [2.75, 3.05) is 13.2 Å². The maximum Gasteiger partial charge on any atom is 0.306 e. The van der Waals surface area contributed by atoms with E-state index in [1.807, 2.05) is 0 Å². The number of aliphatic carboxylic acids is 1. The van der Waals surface area contributed by atoms with E-state index in [1.165, 1.54) is 10.4 Å². The molecule has 0 aromatic heterocycles. The number of hydrogen-bond donors (Lipinski definition) is 1. The van der Waals surface area contributed by atoms with Crippen molar-refractivity contribution in [1.29, 1.82) is 0 Å². The smallest absolute Gasteiger partial charge is 0.306 e. The molecule has 0 spiro atoms. The Morgan fingerprint density at radius 2 is 1.32 bits per heavy atom. The molecular formula is C29H42O4Si. The van der Waals surface area contributed by atoms with Crippen molar-refractivity contribution in [3.8, 4) is 0 Å². The third kappa shape index (κ3) is 6.80. The van der Waals surface area contributed by atoms with Crippen molar-refractivity contribution in [2.45, 2.75) is 83.3 Å². The third-order valence-corrected chi connectivity index (χ3v) is 12.2. The molecule has 0 heterocycles. The van der Waals surface area contributed by atoms with Crippen molar-refractivity contribution in [3.63, 3.8) is 0 Å². The first-order valence-electron chi connectivity index (χ1n) is 12.9. The van der Waals surface area contributed by atoms with Gasteiger partial charge in [0.15, 0.2) is 0 Å². The predicted molar refractivity (Wildman–Crippen MR) is 141 cm³/mol. The van der Waals surface area contributed by atoms with Gasteiger partial charge in [-0.3, -0.25) is 4.79 Å². The zero-order valence-electron chi connectivity index (χ0n) is 21.2. The molecule has 0 aliphatic heterocycles. The van der Waals surface area contributed by atoms with Gasteiger partial charge in [0.25, 0.3) is 8.32 Å². The van der Waals surface area contributed by atoms with Crippen LogP contribution in [0, 0.1) is 5.92 Å². The Morgan fingerprint density at radius 3 is 1.79 bits per heavy atom. The predicted octanol–water partition coefficient (Wildman–Crippen LogP) is 5.78. The summed E-state index contributed by atoms with van der Waals surface area (Å²) < 4.78 is 13.0. The maximum absolute atomic E-state index is 11.1. The van der Waals surface area contributed by atoms with E-state index in [0.717, 1.165) is 64.6 Å². The summed E-state index contributed by atoms with van der Waals surface area (Å²) in [5.74, 6) is -0.825. The van der Waals surface area contributed by atoms with Crippen molar-refractivity contribution in [1.82, 2.24) is 0 Å². The molecule has 1 saturated carbocycles. The van der Waals surface area contributed by atoms with Crippen LogP contribution in [0.5, 0.6) is 0 Å². The molecule has 0 bridgehead atoms. The number of hydrogen-bond acceptors (Lipinski definition) is 3. The lowest BCUT2D eigenvalue weighted by molar-refractivity contribution is -0.143. The molecular weight excluding hydrogens is 440 g/mol. The summed E-state index contributed by atoms with van der Waals surface area (Å²) in [5, 5.41) is 11.8. The topological polar surface area (TPSA) is 55.8 Å². The first-order valence-corrected chi connectivity index (χ1v) is 14.8. The molecule has 1 aliphatic rings. The number of unbranched alkanes of at least 4 members (excludes halogenated alkanes) is 3. The van der Waals surface area contributed by atoms with Gasteiger partial charge in [0, 0.05) is 13.2 Å². The van der Waals surface area contributed by atoms with Crippen LogP contribution < -0.4 is 10.4 Å². The van der Waals surface area contributed by atoms with Crippen LogP contribution in [-0.2, 0) is 14.0 Å². The van der Waals surface area contributed by atoms with Crippen LogP contribution in [0.3, 0.4) is 0 Å². The molecule has 0 amide bonds. The minimum absolute atomic E-state index is 0.0171. The highest BCUT2D eigenvalue weighted by molar-refractivity contribution is 6.99. The maximum atomic E-state index is 11.1. The minimum Gasteiger partial charge on any atom is -0.481 e.